The molecule has 32 heavy (non-hydrogen) atoms. The first-order chi connectivity index (χ1) is 15.1. The van der Waals surface area contributed by atoms with Gasteiger partial charge in [0.15, 0.2) is 10.7 Å². The second kappa shape index (κ2) is 9.55. The van der Waals surface area contributed by atoms with Gasteiger partial charge in [-0.15, -0.1) is 0 Å². The zero-order chi connectivity index (χ0) is 23.6. The molecule has 0 aliphatic carbocycles. The molecule has 0 saturated carbocycles. The van der Waals surface area contributed by atoms with Gasteiger partial charge in [-0.2, -0.15) is 0 Å². The molecule has 0 aliphatic rings. The minimum Gasteiger partial charge on any atom is -0.378 e. The molecule has 3 aromatic rings. The van der Waals surface area contributed by atoms with E-state index < -0.39 is 40.2 Å². The Labute approximate surface area is 184 Å². The van der Waals surface area contributed by atoms with Crippen molar-refractivity contribution in [1.82, 2.24) is 14.9 Å². The van der Waals surface area contributed by atoms with Crippen LogP contribution in [0.15, 0.2) is 41.3 Å². The zero-order valence-corrected chi connectivity index (χ0v) is 18.3. The van der Waals surface area contributed by atoms with Crippen LogP contribution in [0.5, 0.6) is 0 Å². The summed E-state index contributed by atoms with van der Waals surface area (Å²) in [4.78, 5) is 32.9. The van der Waals surface area contributed by atoms with Gasteiger partial charge in [-0.1, -0.05) is 19.1 Å². The van der Waals surface area contributed by atoms with Gasteiger partial charge in [0, 0.05) is 17.7 Å². The molecule has 0 bridgehead atoms. The van der Waals surface area contributed by atoms with Gasteiger partial charge in [0.1, 0.15) is 23.5 Å². The molecule has 0 spiro atoms. The molecule has 0 fully saturated rings. The first-order valence-corrected chi connectivity index (χ1v) is 11.0. The molecule has 9 nitrogen and oxygen atoms in total. The van der Waals surface area contributed by atoms with Crippen molar-refractivity contribution in [3.63, 3.8) is 0 Å². The standard InChI is InChI=1S/C21H23FN4O5S/c1-11(21(29)26(2)10-32(30)31)16-17(19(23)27)20(28)25-15-8-13(9-24-18(15)16)7-12-3-5-14(22)6-4-12/h3-6,8-9,11,21,29,32H,7,10H2,1-2H3,(H2,23,27)(H,25,28). The highest BCUT2D eigenvalue weighted by molar-refractivity contribution is 7.72. The summed E-state index contributed by atoms with van der Waals surface area (Å²) in [7, 11) is -1.39. The Morgan fingerprint density at radius 3 is 2.53 bits per heavy atom. The van der Waals surface area contributed by atoms with Crippen molar-refractivity contribution < 1.29 is 22.7 Å². The van der Waals surface area contributed by atoms with Gasteiger partial charge in [-0.05, 0) is 42.8 Å². The van der Waals surface area contributed by atoms with Crippen LogP contribution in [-0.4, -0.2) is 53.5 Å². The number of rotatable bonds is 8. The normalized spacial score (nSPS) is 13.6. The Morgan fingerprint density at radius 1 is 1.28 bits per heavy atom. The van der Waals surface area contributed by atoms with E-state index in [1.54, 1.807) is 31.3 Å². The molecule has 0 radical (unpaired) electrons. The number of aliphatic hydroxyl groups is 1. The van der Waals surface area contributed by atoms with E-state index in [1.165, 1.54) is 24.1 Å². The molecule has 170 valence electrons. The van der Waals surface area contributed by atoms with E-state index in [4.69, 9.17) is 5.73 Å². The van der Waals surface area contributed by atoms with E-state index in [1.807, 2.05) is 0 Å². The predicted molar refractivity (Wildman–Crippen MR) is 117 cm³/mol. The van der Waals surface area contributed by atoms with Crippen LogP contribution in [0, 0.1) is 5.82 Å². The first-order valence-electron chi connectivity index (χ1n) is 9.67. The SMILES string of the molecule is CC(c1c(C(N)=O)c(=O)[nH]c2cc(Cc3ccc(F)cc3)cnc12)C(O)N(C)C[SH](=O)=O. The maximum absolute atomic E-state index is 13.1. The highest BCUT2D eigenvalue weighted by atomic mass is 32.2. The number of pyridine rings is 2. The average Bonchev–Trinajstić information content (AvgIpc) is 2.72. The molecule has 2 aromatic heterocycles. The van der Waals surface area contributed by atoms with Crippen molar-refractivity contribution >= 4 is 27.6 Å². The van der Waals surface area contributed by atoms with Crippen LogP contribution < -0.4 is 11.3 Å². The fourth-order valence-electron chi connectivity index (χ4n) is 3.66. The fraction of sp³-hybridized carbons (Fsp3) is 0.286. The lowest BCUT2D eigenvalue weighted by Crippen LogP contribution is -2.38. The summed E-state index contributed by atoms with van der Waals surface area (Å²) >= 11 is 0. The van der Waals surface area contributed by atoms with E-state index in [0.717, 1.165) is 11.1 Å². The molecule has 11 heteroatoms. The van der Waals surface area contributed by atoms with Crippen LogP contribution in [0.3, 0.4) is 0 Å². The van der Waals surface area contributed by atoms with Crippen LogP contribution in [0.4, 0.5) is 4.39 Å². The summed E-state index contributed by atoms with van der Waals surface area (Å²) in [5.74, 6) is -2.62. The number of aromatic nitrogens is 2. The zero-order valence-electron chi connectivity index (χ0n) is 17.4. The Morgan fingerprint density at radius 2 is 1.94 bits per heavy atom. The highest BCUT2D eigenvalue weighted by Crippen LogP contribution is 2.29. The summed E-state index contributed by atoms with van der Waals surface area (Å²) in [6, 6.07) is 7.65. The molecule has 1 aromatic carbocycles. The monoisotopic (exact) mass is 462 g/mol. The average molecular weight is 463 g/mol. The summed E-state index contributed by atoms with van der Waals surface area (Å²) in [6.07, 6.45) is 0.650. The number of carbonyl (C=O) groups excluding carboxylic acids is 1. The highest BCUT2D eigenvalue weighted by Gasteiger charge is 2.29. The first kappa shape index (κ1) is 23.5. The number of halogens is 1. The molecule has 3 rings (SSSR count). The molecule has 2 atom stereocenters. The molecule has 4 N–H and O–H groups in total. The van der Waals surface area contributed by atoms with Gasteiger partial charge in [0.25, 0.3) is 11.5 Å². The summed E-state index contributed by atoms with van der Waals surface area (Å²) in [5, 5.41) is 10.7. The number of benzene rings is 1. The smallest absolute Gasteiger partial charge is 0.261 e. The van der Waals surface area contributed by atoms with E-state index in [9.17, 15) is 27.5 Å². The summed E-state index contributed by atoms with van der Waals surface area (Å²) in [6.45, 7) is 1.55. The van der Waals surface area contributed by atoms with E-state index in [0.29, 0.717) is 11.9 Å². The number of nitrogens with two attached hydrogens (primary N) is 1. The Balaban J connectivity index is 2.10. The topological polar surface area (TPSA) is 146 Å². The van der Waals surface area contributed by atoms with Crippen LogP contribution in [0.2, 0.25) is 0 Å². The second-order valence-corrected chi connectivity index (χ2v) is 8.53. The van der Waals surface area contributed by atoms with Crippen molar-refractivity contribution in [1.29, 1.82) is 0 Å². The number of nitrogens with zero attached hydrogens (tertiary/aromatic N) is 2. The number of amides is 1. The van der Waals surface area contributed by atoms with E-state index in [-0.39, 0.29) is 22.5 Å². The molecular formula is C21H23FN4O5S. The minimum atomic E-state index is -2.79. The van der Waals surface area contributed by atoms with Crippen LogP contribution >= 0.6 is 0 Å². The lowest BCUT2D eigenvalue weighted by Gasteiger charge is -2.28. The van der Waals surface area contributed by atoms with E-state index >= 15 is 0 Å². The number of thiol groups is 1. The fourth-order valence-corrected chi connectivity index (χ4v) is 4.19. The van der Waals surface area contributed by atoms with Crippen molar-refractivity contribution in [3.8, 4) is 0 Å². The van der Waals surface area contributed by atoms with Gasteiger partial charge in [-0.3, -0.25) is 19.5 Å². The number of aliphatic hydroxyl groups excluding tert-OH is 1. The number of fused-ring (bicyclic) bond motifs is 1. The third-order valence-corrected chi connectivity index (χ3v) is 5.88. The molecule has 1 amide bonds. The summed E-state index contributed by atoms with van der Waals surface area (Å²) in [5.41, 5.74) is 6.63. The Kier molecular flexibility index (Phi) is 7.02. The third kappa shape index (κ3) is 5.01. The molecule has 2 heterocycles. The van der Waals surface area contributed by atoms with Gasteiger partial charge < -0.3 is 15.8 Å². The van der Waals surface area contributed by atoms with Gasteiger partial charge in [0.2, 0.25) is 0 Å². The molecule has 0 aliphatic heterocycles. The van der Waals surface area contributed by atoms with Crippen molar-refractivity contribution in [2.75, 3.05) is 12.9 Å². The van der Waals surface area contributed by atoms with Gasteiger partial charge >= 0.3 is 0 Å². The maximum Gasteiger partial charge on any atom is 0.261 e. The van der Waals surface area contributed by atoms with Crippen molar-refractivity contribution in [3.05, 3.63) is 75.0 Å². The minimum absolute atomic E-state index is 0.130. The molecule has 2 unspecified atom stereocenters. The number of likely N-dealkylation sites (N-methyl/N-ethyl adjacent to an activating group) is 1. The van der Waals surface area contributed by atoms with Crippen molar-refractivity contribution in [2.45, 2.75) is 25.5 Å². The maximum atomic E-state index is 13.1. The quantitative estimate of drug-likeness (QED) is 0.284. The van der Waals surface area contributed by atoms with Gasteiger partial charge in [-0.25, -0.2) is 12.8 Å². The van der Waals surface area contributed by atoms with Gasteiger partial charge in [0.05, 0.1) is 11.0 Å². The number of carbonyl (C=O) groups is 1. The van der Waals surface area contributed by atoms with Crippen LogP contribution in [0.25, 0.3) is 11.0 Å². The summed E-state index contributed by atoms with van der Waals surface area (Å²) < 4.78 is 35.2. The Bertz CT molecular complexity index is 1280. The number of primary amides is 1. The number of nitrogens with one attached hydrogen (secondary N) is 1. The third-order valence-electron chi connectivity index (χ3n) is 5.20. The van der Waals surface area contributed by atoms with Crippen LogP contribution in [-0.2, 0) is 17.1 Å². The second-order valence-electron chi connectivity index (χ2n) is 7.58. The van der Waals surface area contributed by atoms with E-state index in [2.05, 4.69) is 9.97 Å². The number of hydrogen-bond donors (Lipinski definition) is 4. The Hall–Kier alpha value is -3.15. The molecular weight excluding hydrogens is 439 g/mol. The predicted octanol–water partition coefficient (Wildman–Crippen LogP) is 0.674. The lowest BCUT2D eigenvalue weighted by atomic mass is 9.92. The van der Waals surface area contributed by atoms with Crippen LogP contribution in [0.1, 0.15) is 39.9 Å². The number of aromatic amines is 1. The largest absolute Gasteiger partial charge is 0.378 e. The lowest BCUT2D eigenvalue weighted by molar-refractivity contribution is 0.0163. The van der Waals surface area contributed by atoms with Crippen molar-refractivity contribution in [2.24, 2.45) is 5.73 Å². The number of hydrogen-bond acceptors (Lipinski definition) is 7. The number of H-pyrrole nitrogens is 1. The molecule has 0 saturated heterocycles.